The lowest BCUT2D eigenvalue weighted by atomic mass is 10.1. The van der Waals surface area contributed by atoms with Gasteiger partial charge in [0.2, 0.25) is 0 Å². The van der Waals surface area contributed by atoms with E-state index in [0.29, 0.717) is 13.2 Å². The highest BCUT2D eigenvalue weighted by molar-refractivity contribution is 5.30. The minimum absolute atomic E-state index is 0. The van der Waals surface area contributed by atoms with Gasteiger partial charge >= 0.3 is 0 Å². The monoisotopic (exact) mass is 267 g/mol. The summed E-state index contributed by atoms with van der Waals surface area (Å²) in [5, 5.41) is 3.41. The summed E-state index contributed by atoms with van der Waals surface area (Å²) < 4.78 is 16.7. The zero-order chi connectivity index (χ0) is 14.1. The van der Waals surface area contributed by atoms with Crippen molar-refractivity contribution in [2.75, 3.05) is 26.9 Å². The minimum atomic E-state index is -0.290. The number of benzene rings is 1. The Morgan fingerprint density at radius 1 is 1.11 bits per heavy atom. The SMILES string of the molecule is CCNC(c1cccc(OC)c1)C(OCC)OCC. The van der Waals surface area contributed by atoms with E-state index < -0.39 is 0 Å². The largest absolute Gasteiger partial charge is 0.497 e. The van der Waals surface area contributed by atoms with Crippen LogP contribution in [0.15, 0.2) is 24.3 Å². The first-order chi connectivity index (χ1) is 9.26. The number of hydrogen-bond donors (Lipinski definition) is 1. The maximum Gasteiger partial charge on any atom is 0.176 e. The van der Waals surface area contributed by atoms with Gasteiger partial charge in [-0.3, -0.25) is 0 Å². The molecule has 1 aromatic rings. The van der Waals surface area contributed by atoms with Crippen LogP contribution in [-0.4, -0.2) is 33.2 Å². The summed E-state index contributed by atoms with van der Waals surface area (Å²) in [6.07, 6.45) is -0.290. The Balaban J connectivity index is 2.94. The van der Waals surface area contributed by atoms with Crippen LogP contribution < -0.4 is 10.1 Å². The molecule has 4 nitrogen and oxygen atoms in total. The zero-order valence-electron chi connectivity index (χ0n) is 12.3. The molecule has 0 aromatic heterocycles. The molecule has 1 unspecified atom stereocenters. The van der Waals surface area contributed by atoms with Gasteiger partial charge in [0.1, 0.15) is 5.75 Å². The van der Waals surface area contributed by atoms with E-state index in [9.17, 15) is 0 Å². The summed E-state index contributed by atoms with van der Waals surface area (Å²) >= 11 is 0. The van der Waals surface area contributed by atoms with Crippen molar-refractivity contribution in [3.63, 3.8) is 0 Å². The molecule has 0 saturated heterocycles. The second-order valence-electron chi connectivity index (χ2n) is 4.09. The summed E-state index contributed by atoms with van der Waals surface area (Å²) in [6, 6.07) is 7.98. The van der Waals surface area contributed by atoms with Crippen molar-refractivity contribution >= 4 is 0 Å². The lowest BCUT2D eigenvalue weighted by molar-refractivity contribution is -0.155. The number of ether oxygens (including phenoxy) is 3. The van der Waals surface area contributed by atoms with E-state index in [4.69, 9.17) is 14.2 Å². The van der Waals surface area contributed by atoms with Crippen LogP contribution >= 0.6 is 0 Å². The molecule has 0 amide bonds. The van der Waals surface area contributed by atoms with Crippen molar-refractivity contribution < 1.29 is 14.2 Å². The number of methoxy groups -OCH3 is 1. The summed E-state index contributed by atoms with van der Waals surface area (Å²) in [7, 11) is 1.67. The molecule has 1 N–H and O–H groups in total. The van der Waals surface area contributed by atoms with Crippen LogP contribution in [0.25, 0.3) is 0 Å². The molecular weight excluding hydrogens is 242 g/mol. The maximum atomic E-state index is 5.70. The van der Waals surface area contributed by atoms with Gasteiger partial charge in [-0.05, 0) is 38.1 Å². The number of likely N-dealkylation sites (N-methyl/N-ethyl adjacent to an activating group) is 1. The normalized spacial score (nSPS) is 12.7. The van der Waals surface area contributed by atoms with Gasteiger partial charge in [0.25, 0.3) is 0 Å². The molecule has 4 heteroatoms. The molecule has 0 radical (unpaired) electrons. The van der Waals surface area contributed by atoms with Crippen LogP contribution in [0.4, 0.5) is 0 Å². The Morgan fingerprint density at radius 2 is 1.79 bits per heavy atom. The van der Waals surface area contributed by atoms with E-state index in [0.717, 1.165) is 17.9 Å². The standard InChI is InChI=1S/C15H25NO3/c1-5-16-14(15(18-6-2)19-7-3)12-9-8-10-13(11-12)17-4/h8-11,14-16H,5-7H2,1-4H3. The van der Waals surface area contributed by atoms with Crippen LogP contribution in [0.5, 0.6) is 5.75 Å². The van der Waals surface area contributed by atoms with Crippen molar-refractivity contribution in [3.8, 4) is 5.75 Å². The first-order valence-electron chi connectivity index (χ1n) is 6.87. The second-order valence-corrected chi connectivity index (χ2v) is 4.09. The third kappa shape index (κ3) is 4.82. The minimum Gasteiger partial charge on any atom is -0.497 e. The molecule has 1 rings (SSSR count). The van der Waals surface area contributed by atoms with E-state index in [1.54, 1.807) is 7.11 Å². The first kappa shape index (κ1) is 16.0. The van der Waals surface area contributed by atoms with Crippen molar-refractivity contribution in [1.29, 1.82) is 0 Å². The van der Waals surface area contributed by atoms with Gasteiger partial charge in [0, 0.05) is 13.2 Å². The molecule has 0 spiro atoms. The van der Waals surface area contributed by atoms with Crippen molar-refractivity contribution in [2.45, 2.75) is 33.1 Å². The highest BCUT2D eigenvalue weighted by atomic mass is 16.7. The van der Waals surface area contributed by atoms with Gasteiger partial charge in [-0.1, -0.05) is 19.1 Å². The lowest BCUT2D eigenvalue weighted by Gasteiger charge is -2.28. The quantitative estimate of drug-likeness (QED) is 0.698. The van der Waals surface area contributed by atoms with Crippen LogP contribution in [-0.2, 0) is 9.47 Å². The van der Waals surface area contributed by atoms with Gasteiger partial charge in [0.05, 0.1) is 13.2 Å². The smallest absolute Gasteiger partial charge is 0.176 e. The van der Waals surface area contributed by atoms with Crippen molar-refractivity contribution in [1.82, 2.24) is 5.32 Å². The average Bonchev–Trinajstić information content (AvgIpc) is 2.45. The third-order valence-electron chi connectivity index (χ3n) is 2.81. The fourth-order valence-electron chi connectivity index (χ4n) is 2.00. The summed E-state index contributed by atoms with van der Waals surface area (Å²) in [5.74, 6) is 0.840. The maximum absolute atomic E-state index is 5.70. The summed E-state index contributed by atoms with van der Waals surface area (Å²) in [6.45, 7) is 8.11. The van der Waals surface area contributed by atoms with Crippen LogP contribution in [0.3, 0.4) is 0 Å². The van der Waals surface area contributed by atoms with Gasteiger partial charge in [-0.15, -0.1) is 0 Å². The summed E-state index contributed by atoms with van der Waals surface area (Å²) in [4.78, 5) is 0. The fourth-order valence-corrected chi connectivity index (χ4v) is 2.00. The molecular formula is C15H25NO3. The molecule has 0 aliphatic rings. The van der Waals surface area contributed by atoms with Gasteiger partial charge in [0.15, 0.2) is 6.29 Å². The third-order valence-corrected chi connectivity index (χ3v) is 2.81. The Kier molecular flexibility index (Phi) is 7.48. The Labute approximate surface area is 116 Å². The van der Waals surface area contributed by atoms with E-state index in [1.165, 1.54) is 0 Å². The lowest BCUT2D eigenvalue weighted by Crippen LogP contribution is -2.36. The molecule has 0 heterocycles. The van der Waals surface area contributed by atoms with Gasteiger partial charge in [-0.2, -0.15) is 0 Å². The Morgan fingerprint density at radius 3 is 2.32 bits per heavy atom. The van der Waals surface area contributed by atoms with E-state index in [-0.39, 0.29) is 12.3 Å². The number of nitrogens with one attached hydrogen (secondary N) is 1. The van der Waals surface area contributed by atoms with Gasteiger partial charge in [-0.25, -0.2) is 0 Å². The molecule has 1 atom stereocenters. The highest BCUT2D eigenvalue weighted by Crippen LogP contribution is 2.24. The number of hydrogen-bond acceptors (Lipinski definition) is 4. The number of rotatable bonds is 9. The topological polar surface area (TPSA) is 39.7 Å². The fraction of sp³-hybridized carbons (Fsp3) is 0.600. The van der Waals surface area contributed by atoms with Crippen LogP contribution in [0.1, 0.15) is 32.4 Å². The van der Waals surface area contributed by atoms with Gasteiger partial charge < -0.3 is 19.5 Å². The molecule has 0 aliphatic carbocycles. The van der Waals surface area contributed by atoms with Crippen LogP contribution in [0, 0.1) is 0 Å². The van der Waals surface area contributed by atoms with Crippen LogP contribution in [0.2, 0.25) is 0 Å². The molecule has 0 bridgehead atoms. The molecule has 0 fully saturated rings. The summed E-state index contributed by atoms with van der Waals surface area (Å²) in [5.41, 5.74) is 1.10. The zero-order valence-corrected chi connectivity index (χ0v) is 12.3. The molecule has 0 saturated carbocycles. The Bertz CT molecular complexity index is 351. The van der Waals surface area contributed by atoms with E-state index in [1.807, 2.05) is 32.0 Å². The van der Waals surface area contributed by atoms with E-state index >= 15 is 0 Å². The molecule has 0 aliphatic heterocycles. The molecule has 108 valence electrons. The Hall–Kier alpha value is -1.10. The average molecular weight is 267 g/mol. The van der Waals surface area contributed by atoms with E-state index in [2.05, 4.69) is 18.3 Å². The highest BCUT2D eigenvalue weighted by Gasteiger charge is 2.23. The van der Waals surface area contributed by atoms with Crippen molar-refractivity contribution in [2.24, 2.45) is 0 Å². The first-order valence-corrected chi connectivity index (χ1v) is 6.87. The second kappa shape index (κ2) is 8.91. The predicted molar refractivity (Wildman–Crippen MR) is 76.5 cm³/mol. The molecule has 19 heavy (non-hydrogen) atoms. The molecule has 1 aromatic carbocycles. The predicted octanol–water partition coefficient (Wildman–Crippen LogP) is 2.74. The van der Waals surface area contributed by atoms with Crippen molar-refractivity contribution in [3.05, 3.63) is 29.8 Å².